The predicted molar refractivity (Wildman–Crippen MR) is 180 cm³/mol. The molecule has 8 aromatic rings. The number of fused-ring (bicyclic) bond motifs is 3. The Balaban J connectivity index is 1.22. The van der Waals surface area contributed by atoms with E-state index in [-0.39, 0.29) is 0 Å². The van der Waals surface area contributed by atoms with Gasteiger partial charge in [-0.3, -0.25) is 9.97 Å². The van der Waals surface area contributed by atoms with Gasteiger partial charge in [-0.15, -0.1) is 0 Å². The summed E-state index contributed by atoms with van der Waals surface area (Å²) in [4.78, 5) is 8.66. The van der Waals surface area contributed by atoms with Gasteiger partial charge in [0.2, 0.25) is 0 Å². The normalized spacial score (nSPS) is 11.3. The number of benzene rings is 6. The minimum atomic E-state index is 0.833. The first kappa shape index (κ1) is 25.1. The lowest BCUT2D eigenvalue weighted by Gasteiger charge is -2.18. The Morgan fingerprint density at radius 2 is 0.977 bits per heavy atom. The molecule has 0 aliphatic carbocycles. The van der Waals surface area contributed by atoms with Crippen molar-refractivity contribution >= 4 is 32.3 Å². The zero-order valence-corrected chi connectivity index (χ0v) is 23.6. The summed E-state index contributed by atoms with van der Waals surface area (Å²) in [5.41, 5.74) is 9.78. The Hall–Kier alpha value is -5.60. The van der Waals surface area contributed by atoms with E-state index in [4.69, 9.17) is 0 Å². The molecule has 0 spiro atoms. The molecule has 2 heterocycles. The van der Waals surface area contributed by atoms with Gasteiger partial charge in [0.25, 0.3) is 0 Å². The molecule has 8 rings (SSSR count). The van der Waals surface area contributed by atoms with Gasteiger partial charge in [0, 0.05) is 30.4 Å². The van der Waals surface area contributed by atoms with Crippen molar-refractivity contribution in [1.82, 2.24) is 9.97 Å². The summed E-state index contributed by atoms with van der Waals surface area (Å²) in [5.74, 6) is 0. The molecule has 0 unspecified atom stereocenters. The third kappa shape index (κ3) is 4.64. The lowest BCUT2D eigenvalue weighted by molar-refractivity contribution is 1.15. The van der Waals surface area contributed by atoms with Gasteiger partial charge in [-0.05, 0) is 102 Å². The van der Waals surface area contributed by atoms with Crippen LogP contribution in [0.1, 0.15) is 11.1 Å². The van der Waals surface area contributed by atoms with E-state index in [0.29, 0.717) is 0 Å². The zero-order valence-electron chi connectivity index (χ0n) is 23.6. The van der Waals surface area contributed by atoms with Crippen LogP contribution in [-0.4, -0.2) is 9.97 Å². The molecule has 0 N–H and O–H groups in total. The molecule has 2 heteroatoms. The van der Waals surface area contributed by atoms with E-state index in [9.17, 15) is 0 Å². The highest BCUT2D eigenvalue weighted by Gasteiger charge is 2.16. The van der Waals surface area contributed by atoms with Gasteiger partial charge in [-0.2, -0.15) is 0 Å². The molecule has 0 aliphatic heterocycles. The second-order valence-corrected chi connectivity index (χ2v) is 11.1. The fraction of sp³-hybridized carbons (Fsp3) is 0.0244. The first-order valence-corrected chi connectivity index (χ1v) is 14.7. The molecule has 202 valence electrons. The second-order valence-electron chi connectivity index (χ2n) is 11.1. The van der Waals surface area contributed by atoms with Crippen LogP contribution >= 0.6 is 0 Å². The maximum absolute atomic E-state index is 4.52. The maximum atomic E-state index is 4.52. The molecule has 6 aromatic carbocycles. The molecule has 0 atom stereocenters. The molecule has 0 fully saturated rings. The summed E-state index contributed by atoms with van der Waals surface area (Å²) >= 11 is 0. The van der Waals surface area contributed by atoms with Crippen LogP contribution in [0.3, 0.4) is 0 Å². The number of rotatable bonds is 5. The summed E-state index contributed by atoms with van der Waals surface area (Å²) in [7, 11) is 0. The summed E-state index contributed by atoms with van der Waals surface area (Å²) in [5, 5.41) is 7.59. The highest BCUT2D eigenvalue weighted by molar-refractivity contribution is 6.21. The molecular formula is C41H28N2. The van der Waals surface area contributed by atoms with Crippen LogP contribution in [0.25, 0.3) is 65.7 Å². The molecule has 0 aliphatic rings. The quantitative estimate of drug-likeness (QED) is 0.200. The highest BCUT2D eigenvalue weighted by atomic mass is 14.6. The Bertz CT molecular complexity index is 2200. The van der Waals surface area contributed by atoms with Gasteiger partial charge in [-0.1, -0.05) is 109 Å². The fourth-order valence-corrected chi connectivity index (χ4v) is 6.44. The Kier molecular flexibility index (Phi) is 6.23. The van der Waals surface area contributed by atoms with E-state index in [1.807, 2.05) is 36.9 Å². The molecular weight excluding hydrogens is 520 g/mol. The largest absolute Gasteiger partial charge is 0.265 e. The third-order valence-electron chi connectivity index (χ3n) is 8.40. The minimum Gasteiger partial charge on any atom is -0.265 e. The molecule has 0 saturated carbocycles. The number of pyridine rings is 2. The van der Waals surface area contributed by atoms with E-state index >= 15 is 0 Å². The van der Waals surface area contributed by atoms with Crippen LogP contribution in [0.15, 0.2) is 158 Å². The first-order chi connectivity index (χ1) is 21.3. The highest BCUT2D eigenvalue weighted by Crippen LogP contribution is 2.44. The first-order valence-electron chi connectivity index (χ1n) is 14.7. The van der Waals surface area contributed by atoms with Crippen molar-refractivity contribution in [2.24, 2.45) is 0 Å². The van der Waals surface area contributed by atoms with Gasteiger partial charge in [0.15, 0.2) is 0 Å². The number of aromatic nitrogens is 2. The lowest BCUT2D eigenvalue weighted by atomic mass is 9.85. The van der Waals surface area contributed by atoms with Crippen LogP contribution in [0.4, 0.5) is 0 Å². The summed E-state index contributed by atoms with van der Waals surface area (Å²) in [6.45, 7) is 0. The zero-order chi connectivity index (χ0) is 28.6. The lowest BCUT2D eigenvalue weighted by Crippen LogP contribution is -1.92. The van der Waals surface area contributed by atoms with Crippen LogP contribution in [0, 0.1) is 0 Å². The monoisotopic (exact) mass is 548 g/mol. The fourth-order valence-electron chi connectivity index (χ4n) is 6.44. The standard InChI is InChI=1S/C41H28N2/c1-2-8-31(9-3-1)40-36-10-4-6-12-38(36)41(39-13-7-5-11-37(39)40)34-17-16-32-23-28(14-15-33(32)25-34)22-29-24-35(27-43-26-29)30-18-20-42-21-19-30/h1-21,23-27H,22H2. The average molecular weight is 549 g/mol. The van der Waals surface area contributed by atoms with Crippen LogP contribution < -0.4 is 0 Å². The predicted octanol–water partition coefficient (Wildman–Crippen LogP) is 10.5. The molecule has 2 aromatic heterocycles. The minimum absolute atomic E-state index is 0.833. The Labute approximate surface area is 251 Å². The van der Waals surface area contributed by atoms with Crippen molar-refractivity contribution in [3.63, 3.8) is 0 Å². The molecule has 0 saturated heterocycles. The molecule has 0 bridgehead atoms. The van der Waals surface area contributed by atoms with E-state index in [0.717, 1.165) is 17.5 Å². The van der Waals surface area contributed by atoms with E-state index < -0.39 is 0 Å². The molecule has 0 amide bonds. The SMILES string of the molecule is c1ccc(-c2c3ccccc3c(-c3ccc4cc(Cc5cncc(-c6ccncc6)c5)ccc4c3)c3ccccc23)cc1. The van der Waals surface area contributed by atoms with Crippen molar-refractivity contribution in [2.75, 3.05) is 0 Å². The van der Waals surface area contributed by atoms with Gasteiger partial charge in [0.05, 0.1) is 0 Å². The second kappa shape index (κ2) is 10.7. The Morgan fingerprint density at radius 1 is 0.372 bits per heavy atom. The maximum Gasteiger partial charge on any atom is 0.0346 e. The molecule has 0 radical (unpaired) electrons. The Morgan fingerprint density at radius 3 is 1.67 bits per heavy atom. The third-order valence-corrected chi connectivity index (χ3v) is 8.40. The van der Waals surface area contributed by atoms with Gasteiger partial charge in [0.1, 0.15) is 0 Å². The van der Waals surface area contributed by atoms with Gasteiger partial charge in [-0.25, -0.2) is 0 Å². The molecule has 2 nitrogen and oxygen atoms in total. The van der Waals surface area contributed by atoms with Gasteiger partial charge < -0.3 is 0 Å². The summed E-state index contributed by atoms with van der Waals surface area (Å²) in [6.07, 6.45) is 8.36. The van der Waals surface area contributed by atoms with Gasteiger partial charge >= 0.3 is 0 Å². The van der Waals surface area contributed by atoms with Crippen molar-refractivity contribution in [3.8, 4) is 33.4 Å². The smallest absolute Gasteiger partial charge is 0.0346 e. The van der Waals surface area contributed by atoms with Crippen molar-refractivity contribution in [3.05, 3.63) is 169 Å². The molecule has 43 heavy (non-hydrogen) atoms. The van der Waals surface area contributed by atoms with Crippen molar-refractivity contribution in [1.29, 1.82) is 0 Å². The van der Waals surface area contributed by atoms with Crippen molar-refractivity contribution in [2.45, 2.75) is 6.42 Å². The summed E-state index contributed by atoms with van der Waals surface area (Å²) < 4.78 is 0. The topological polar surface area (TPSA) is 25.8 Å². The number of hydrogen-bond acceptors (Lipinski definition) is 2. The van der Waals surface area contributed by atoms with E-state index in [1.54, 1.807) is 0 Å². The number of nitrogens with zero attached hydrogens (tertiary/aromatic N) is 2. The van der Waals surface area contributed by atoms with E-state index in [2.05, 4.69) is 131 Å². The van der Waals surface area contributed by atoms with Crippen LogP contribution in [-0.2, 0) is 6.42 Å². The average Bonchev–Trinajstić information content (AvgIpc) is 3.08. The van der Waals surface area contributed by atoms with Crippen LogP contribution in [0.2, 0.25) is 0 Å². The summed E-state index contributed by atoms with van der Waals surface area (Å²) in [6, 6.07) is 48.4. The number of hydrogen-bond donors (Lipinski definition) is 0. The van der Waals surface area contributed by atoms with E-state index in [1.165, 1.54) is 65.7 Å². The van der Waals surface area contributed by atoms with Crippen molar-refractivity contribution < 1.29 is 0 Å². The van der Waals surface area contributed by atoms with Crippen LogP contribution in [0.5, 0.6) is 0 Å².